The zero-order valence-corrected chi connectivity index (χ0v) is 12.4. The first-order valence-electron chi connectivity index (χ1n) is 7.54. The number of nitrogens with one attached hydrogen (secondary N) is 1. The molecule has 0 radical (unpaired) electrons. The van der Waals surface area contributed by atoms with Crippen LogP contribution in [0.3, 0.4) is 0 Å². The minimum Gasteiger partial charge on any atom is -0.443 e. The maximum Gasteiger partial charge on any atom is 0.254 e. The Balaban J connectivity index is 1.56. The topological polar surface area (TPSA) is 92.5 Å². The van der Waals surface area contributed by atoms with Crippen molar-refractivity contribution in [3.8, 4) is 0 Å². The van der Waals surface area contributed by atoms with Gasteiger partial charge in [0, 0.05) is 25.1 Å². The van der Waals surface area contributed by atoms with Crippen molar-refractivity contribution in [2.45, 2.75) is 19.3 Å². The highest BCUT2D eigenvalue weighted by Crippen LogP contribution is 2.38. The van der Waals surface area contributed by atoms with Gasteiger partial charge in [0.05, 0.1) is 5.41 Å². The number of imide groups is 1. The van der Waals surface area contributed by atoms with Crippen molar-refractivity contribution in [3.63, 3.8) is 0 Å². The van der Waals surface area contributed by atoms with Gasteiger partial charge >= 0.3 is 0 Å². The summed E-state index contributed by atoms with van der Waals surface area (Å²) in [4.78, 5) is 41.9. The van der Waals surface area contributed by atoms with E-state index in [-0.39, 0.29) is 17.7 Å². The second kappa shape index (κ2) is 4.91. The normalized spacial score (nSPS) is 24.4. The standard InChI is InChI=1S/C16H15N3O4/c20-13-3-4-16(15(22)18-13)5-6-19(8-16)14(21)10-1-2-11-12(7-10)23-9-17-11/h1-2,7,9H,3-6,8H2,(H,18,20,22). The Kier molecular flexibility index (Phi) is 2.97. The van der Waals surface area contributed by atoms with Gasteiger partial charge < -0.3 is 9.32 Å². The van der Waals surface area contributed by atoms with Crippen LogP contribution < -0.4 is 5.32 Å². The predicted molar refractivity (Wildman–Crippen MR) is 79.3 cm³/mol. The lowest BCUT2D eigenvalue weighted by molar-refractivity contribution is -0.141. The van der Waals surface area contributed by atoms with Gasteiger partial charge in [-0.1, -0.05) is 0 Å². The van der Waals surface area contributed by atoms with Crippen molar-refractivity contribution in [3.05, 3.63) is 30.2 Å². The lowest BCUT2D eigenvalue weighted by Gasteiger charge is -2.31. The zero-order valence-electron chi connectivity index (χ0n) is 12.4. The molecule has 2 fully saturated rings. The molecule has 1 aromatic carbocycles. The van der Waals surface area contributed by atoms with Crippen LogP contribution >= 0.6 is 0 Å². The van der Waals surface area contributed by atoms with Crippen LogP contribution in [0.15, 0.2) is 29.0 Å². The maximum absolute atomic E-state index is 12.7. The molecule has 2 aliphatic heterocycles. The van der Waals surface area contributed by atoms with E-state index >= 15 is 0 Å². The van der Waals surface area contributed by atoms with Crippen LogP contribution in [0.4, 0.5) is 0 Å². The fourth-order valence-electron chi connectivity index (χ4n) is 3.39. The van der Waals surface area contributed by atoms with Gasteiger partial charge in [0.1, 0.15) is 5.52 Å². The number of likely N-dealkylation sites (tertiary alicyclic amines) is 1. The molecule has 0 aliphatic carbocycles. The van der Waals surface area contributed by atoms with Crippen LogP contribution in [0.2, 0.25) is 0 Å². The molecule has 1 aromatic heterocycles. The van der Waals surface area contributed by atoms with Gasteiger partial charge in [-0.2, -0.15) is 0 Å². The number of aromatic nitrogens is 1. The quantitative estimate of drug-likeness (QED) is 0.796. The Hall–Kier alpha value is -2.70. The van der Waals surface area contributed by atoms with Crippen molar-refractivity contribution >= 4 is 28.8 Å². The molecule has 1 spiro atoms. The Morgan fingerprint density at radius 3 is 3.00 bits per heavy atom. The monoisotopic (exact) mass is 313 g/mol. The molecule has 3 heterocycles. The number of carbonyl (C=O) groups is 3. The molecule has 2 aliphatic rings. The van der Waals surface area contributed by atoms with Crippen molar-refractivity contribution in [1.82, 2.24) is 15.2 Å². The first kappa shape index (κ1) is 13.9. The minimum absolute atomic E-state index is 0.134. The highest BCUT2D eigenvalue weighted by atomic mass is 16.3. The Morgan fingerprint density at radius 1 is 1.30 bits per heavy atom. The lowest BCUT2D eigenvalue weighted by atomic mass is 9.79. The lowest BCUT2D eigenvalue weighted by Crippen LogP contribution is -2.50. The summed E-state index contributed by atoms with van der Waals surface area (Å²) >= 11 is 0. The number of hydrogen-bond donors (Lipinski definition) is 1. The number of fused-ring (bicyclic) bond motifs is 1. The molecule has 1 atom stereocenters. The number of amides is 3. The van der Waals surface area contributed by atoms with Crippen molar-refractivity contribution in [1.29, 1.82) is 0 Å². The fraction of sp³-hybridized carbons (Fsp3) is 0.375. The van der Waals surface area contributed by atoms with Crippen molar-refractivity contribution < 1.29 is 18.8 Å². The van der Waals surface area contributed by atoms with Gasteiger partial charge in [0.2, 0.25) is 11.8 Å². The van der Waals surface area contributed by atoms with Crippen molar-refractivity contribution in [2.75, 3.05) is 13.1 Å². The Bertz CT molecular complexity index is 828. The average molecular weight is 313 g/mol. The third kappa shape index (κ3) is 2.19. The second-order valence-corrected chi connectivity index (χ2v) is 6.17. The molecule has 118 valence electrons. The smallest absolute Gasteiger partial charge is 0.254 e. The molecule has 1 N–H and O–H groups in total. The number of oxazole rings is 1. The van der Waals surface area contributed by atoms with E-state index < -0.39 is 5.41 Å². The SMILES string of the molecule is O=C1CCC2(CCN(C(=O)c3ccc4ncoc4c3)C2)C(=O)N1. The molecule has 0 saturated carbocycles. The summed E-state index contributed by atoms with van der Waals surface area (Å²) < 4.78 is 5.23. The van der Waals surface area contributed by atoms with Crippen LogP contribution in [0.1, 0.15) is 29.6 Å². The van der Waals surface area contributed by atoms with Crippen LogP contribution in [0.25, 0.3) is 11.1 Å². The first-order chi connectivity index (χ1) is 11.1. The molecule has 23 heavy (non-hydrogen) atoms. The number of nitrogens with zero attached hydrogens (tertiary/aromatic N) is 2. The maximum atomic E-state index is 12.7. The summed E-state index contributed by atoms with van der Waals surface area (Å²) in [5.74, 6) is -0.624. The van der Waals surface area contributed by atoms with Gasteiger partial charge in [-0.25, -0.2) is 4.98 Å². The largest absolute Gasteiger partial charge is 0.443 e. The molecule has 2 aromatic rings. The van der Waals surface area contributed by atoms with Crippen LogP contribution in [0, 0.1) is 5.41 Å². The summed E-state index contributed by atoms with van der Waals surface area (Å²) in [7, 11) is 0. The van der Waals surface area contributed by atoms with E-state index in [1.54, 1.807) is 23.1 Å². The third-order valence-corrected chi connectivity index (χ3v) is 4.78. The number of rotatable bonds is 1. The van der Waals surface area contributed by atoms with Gasteiger partial charge in [0.25, 0.3) is 5.91 Å². The van der Waals surface area contributed by atoms with Crippen LogP contribution in [-0.2, 0) is 9.59 Å². The molecular weight excluding hydrogens is 298 g/mol. The van der Waals surface area contributed by atoms with E-state index in [0.717, 1.165) is 0 Å². The molecular formula is C16H15N3O4. The third-order valence-electron chi connectivity index (χ3n) is 4.78. The van der Waals surface area contributed by atoms with E-state index in [0.29, 0.717) is 49.0 Å². The highest BCUT2D eigenvalue weighted by Gasteiger charge is 2.48. The zero-order chi connectivity index (χ0) is 16.0. The molecule has 4 rings (SSSR count). The summed E-state index contributed by atoms with van der Waals surface area (Å²) in [6, 6.07) is 5.12. The number of benzene rings is 1. The fourth-order valence-corrected chi connectivity index (χ4v) is 3.39. The predicted octanol–water partition coefficient (Wildman–Crippen LogP) is 1.10. The molecule has 3 amide bonds. The van der Waals surface area contributed by atoms with Gasteiger partial charge in [-0.15, -0.1) is 0 Å². The number of carbonyl (C=O) groups excluding carboxylic acids is 3. The summed E-state index contributed by atoms with van der Waals surface area (Å²) in [6.07, 6.45) is 2.76. The van der Waals surface area contributed by atoms with Crippen LogP contribution in [-0.4, -0.2) is 40.7 Å². The molecule has 7 nitrogen and oxygen atoms in total. The summed E-state index contributed by atoms with van der Waals surface area (Å²) in [5.41, 5.74) is 1.15. The molecule has 7 heteroatoms. The van der Waals surface area contributed by atoms with Crippen LogP contribution in [0.5, 0.6) is 0 Å². The number of hydrogen-bond acceptors (Lipinski definition) is 5. The Labute approximate surface area is 131 Å². The highest BCUT2D eigenvalue weighted by molar-refractivity contribution is 6.02. The molecule has 1 unspecified atom stereocenters. The Morgan fingerprint density at radius 2 is 2.17 bits per heavy atom. The van der Waals surface area contributed by atoms with Gasteiger partial charge in [-0.05, 0) is 31.0 Å². The van der Waals surface area contributed by atoms with E-state index in [9.17, 15) is 14.4 Å². The van der Waals surface area contributed by atoms with E-state index in [1.807, 2.05) is 0 Å². The first-order valence-corrected chi connectivity index (χ1v) is 7.54. The van der Waals surface area contributed by atoms with E-state index in [1.165, 1.54) is 6.39 Å². The summed E-state index contributed by atoms with van der Waals surface area (Å²) in [6.45, 7) is 0.855. The molecule has 0 bridgehead atoms. The minimum atomic E-state index is -0.625. The summed E-state index contributed by atoms with van der Waals surface area (Å²) in [5, 5.41) is 2.39. The van der Waals surface area contributed by atoms with Gasteiger partial charge in [-0.3, -0.25) is 19.7 Å². The second-order valence-electron chi connectivity index (χ2n) is 6.17. The van der Waals surface area contributed by atoms with E-state index in [2.05, 4.69) is 10.3 Å². The average Bonchev–Trinajstić information content (AvgIpc) is 3.18. The number of piperidine rings is 1. The van der Waals surface area contributed by atoms with Gasteiger partial charge in [0.15, 0.2) is 12.0 Å². The van der Waals surface area contributed by atoms with E-state index in [4.69, 9.17) is 4.42 Å². The van der Waals surface area contributed by atoms with Crippen molar-refractivity contribution in [2.24, 2.45) is 5.41 Å². The molecule has 2 saturated heterocycles.